The Hall–Kier alpha value is -2.90. The smallest absolute Gasteiger partial charge is 0.359 e. The van der Waals surface area contributed by atoms with E-state index < -0.39 is 18.5 Å². The topological polar surface area (TPSA) is 81.2 Å². The fourth-order valence-corrected chi connectivity index (χ4v) is 3.21. The van der Waals surface area contributed by atoms with E-state index in [1.165, 1.54) is 24.2 Å². The van der Waals surface area contributed by atoms with Gasteiger partial charge in [0.05, 0.1) is 17.6 Å². The van der Waals surface area contributed by atoms with Crippen LogP contribution in [0.2, 0.25) is 5.02 Å². The summed E-state index contributed by atoms with van der Waals surface area (Å²) in [5.74, 6) is -1.15. The molecule has 2 aromatic carbocycles. The number of rotatable bonds is 6. The minimum atomic E-state index is -0.702. The molecule has 0 unspecified atom stereocenters. The molecule has 28 heavy (non-hydrogen) atoms. The number of esters is 1. The van der Waals surface area contributed by atoms with Gasteiger partial charge in [0.15, 0.2) is 12.3 Å². The molecule has 0 saturated heterocycles. The zero-order valence-electron chi connectivity index (χ0n) is 14.9. The van der Waals surface area contributed by atoms with Crippen molar-refractivity contribution in [2.24, 2.45) is 0 Å². The summed E-state index contributed by atoms with van der Waals surface area (Å²) in [4.78, 5) is 33.9. The Balaban J connectivity index is 1.60. The minimum Gasteiger partial charge on any atom is -0.451 e. The molecule has 3 rings (SSSR count). The van der Waals surface area contributed by atoms with E-state index in [1.54, 1.807) is 25.1 Å². The predicted octanol–water partition coefficient (Wildman–Crippen LogP) is 4.39. The molecule has 0 bridgehead atoms. The summed E-state index contributed by atoms with van der Waals surface area (Å²) >= 11 is 7.40. The van der Waals surface area contributed by atoms with Crippen LogP contribution in [0, 0.1) is 6.92 Å². The van der Waals surface area contributed by atoms with Crippen molar-refractivity contribution >= 4 is 40.9 Å². The lowest BCUT2D eigenvalue weighted by Crippen LogP contribution is -2.21. The second kappa shape index (κ2) is 9.34. The van der Waals surface area contributed by atoms with Crippen LogP contribution in [0.4, 0.5) is 5.69 Å². The number of nitrogens with one attached hydrogen (secondary N) is 1. The highest BCUT2D eigenvalue weighted by Gasteiger charge is 2.13. The van der Waals surface area contributed by atoms with Crippen molar-refractivity contribution in [3.63, 3.8) is 0 Å². The summed E-state index contributed by atoms with van der Waals surface area (Å²) in [5, 5.41) is 3.42. The van der Waals surface area contributed by atoms with Crippen molar-refractivity contribution in [2.75, 3.05) is 11.9 Å². The number of nitrogens with zero attached hydrogens (tertiary/aromatic N) is 2. The van der Waals surface area contributed by atoms with Crippen LogP contribution < -0.4 is 5.32 Å². The molecule has 142 valence electrons. The average molecular weight is 414 g/mol. The molecule has 0 aliphatic carbocycles. The average Bonchev–Trinajstić information content (AvgIpc) is 2.70. The Bertz CT molecular complexity index is 979. The highest BCUT2D eigenvalue weighted by molar-refractivity contribution is 7.99. The van der Waals surface area contributed by atoms with Crippen molar-refractivity contribution in [3.05, 3.63) is 77.3 Å². The van der Waals surface area contributed by atoms with E-state index in [0.29, 0.717) is 16.4 Å². The van der Waals surface area contributed by atoms with Gasteiger partial charge >= 0.3 is 5.97 Å². The minimum absolute atomic E-state index is 0.0529. The lowest BCUT2D eigenvalue weighted by Gasteiger charge is -2.11. The molecule has 0 aliphatic rings. The maximum Gasteiger partial charge on any atom is 0.359 e. The summed E-state index contributed by atoms with van der Waals surface area (Å²) in [6, 6.07) is 14.8. The number of carbonyl (C=O) groups is 2. The Morgan fingerprint density at radius 3 is 2.54 bits per heavy atom. The lowest BCUT2D eigenvalue weighted by atomic mass is 10.3. The van der Waals surface area contributed by atoms with Gasteiger partial charge in [0.1, 0.15) is 0 Å². The Morgan fingerprint density at radius 1 is 1.07 bits per heavy atom. The highest BCUT2D eigenvalue weighted by atomic mass is 35.5. The molecule has 6 nitrogen and oxygen atoms in total. The molecular formula is C20H16ClN3O3S. The van der Waals surface area contributed by atoms with E-state index in [0.717, 1.165) is 9.79 Å². The molecule has 8 heteroatoms. The first-order chi connectivity index (χ1) is 13.5. The summed E-state index contributed by atoms with van der Waals surface area (Å²) in [7, 11) is 0. The lowest BCUT2D eigenvalue weighted by molar-refractivity contribution is -0.119. The standard InChI is InChI=1S/C20H16ClN3O3S/c1-13-10-23-17(11-22-13)20(26)27-12-19(25)24-16-4-2-3-5-18(16)28-15-8-6-14(21)7-9-15/h2-11H,12H2,1H3,(H,24,25). The van der Waals surface area contributed by atoms with Gasteiger partial charge in [-0.1, -0.05) is 35.5 Å². The molecule has 0 spiro atoms. The summed E-state index contributed by atoms with van der Waals surface area (Å²) in [6.45, 7) is 1.34. The number of ether oxygens (including phenoxy) is 1. The Labute approximate surface area is 171 Å². The number of anilines is 1. The number of aryl methyl sites for hydroxylation is 1. The van der Waals surface area contributed by atoms with Crippen LogP contribution >= 0.6 is 23.4 Å². The van der Waals surface area contributed by atoms with Gasteiger partial charge in [-0.05, 0) is 43.3 Å². The Morgan fingerprint density at radius 2 is 1.82 bits per heavy atom. The number of benzene rings is 2. The fraction of sp³-hybridized carbons (Fsp3) is 0.100. The molecule has 0 radical (unpaired) electrons. The number of carbonyl (C=O) groups excluding carboxylic acids is 2. The summed E-state index contributed by atoms with van der Waals surface area (Å²) in [6.07, 6.45) is 2.77. The fourth-order valence-electron chi connectivity index (χ4n) is 2.18. The van der Waals surface area contributed by atoms with Crippen molar-refractivity contribution in [2.45, 2.75) is 16.7 Å². The van der Waals surface area contributed by atoms with Crippen LogP contribution in [0.3, 0.4) is 0 Å². The summed E-state index contributed by atoms with van der Waals surface area (Å²) in [5.41, 5.74) is 1.36. The molecule has 0 aliphatic heterocycles. The SMILES string of the molecule is Cc1cnc(C(=O)OCC(=O)Nc2ccccc2Sc2ccc(Cl)cc2)cn1. The first-order valence-electron chi connectivity index (χ1n) is 8.29. The molecule has 1 heterocycles. The zero-order valence-corrected chi connectivity index (χ0v) is 16.5. The van der Waals surface area contributed by atoms with E-state index >= 15 is 0 Å². The molecule has 0 saturated carbocycles. The number of aromatic nitrogens is 2. The van der Waals surface area contributed by atoms with Crippen LogP contribution in [0.25, 0.3) is 0 Å². The van der Waals surface area contributed by atoms with Crippen LogP contribution in [-0.2, 0) is 9.53 Å². The maximum absolute atomic E-state index is 12.2. The van der Waals surface area contributed by atoms with E-state index in [2.05, 4.69) is 15.3 Å². The molecule has 1 amide bonds. The monoisotopic (exact) mass is 413 g/mol. The third-order valence-corrected chi connectivity index (χ3v) is 4.86. The van der Waals surface area contributed by atoms with Gasteiger partial charge in [-0.15, -0.1) is 0 Å². The van der Waals surface area contributed by atoms with E-state index in [4.69, 9.17) is 16.3 Å². The molecular weight excluding hydrogens is 398 g/mol. The highest BCUT2D eigenvalue weighted by Crippen LogP contribution is 2.33. The molecule has 0 fully saturated rings. The van der Waals surface area contributed by atoms with Gasteiger partial charge in [-0.3, -0.25) is 9.78 Å². The molecule has 1 N–H and O–H groups in total. The zero-order chi connectivity index (χ0) is 19.9. The van der Waals surface area contributed by atoms with Crippen molar-refractivity contribution < 1.29 is 14.3 Å². The number of hydrogen-bond acceptors (Lipinski definition) is 6. The van der Waals surface area contributed by atoms with Crippen LogP contribution in [0.5, 0.6) is 0 Å². The van der Waals surface area contributed by atoms with Gasteiger partial charge in [-0.2, -0.15) is 0 Å². The third-order valence-electron chi connectivity index (χ3n) is 3.53. The summed E-state index contributed by atoms with van der Waals surface area (Å²) < 4.78 is 5.00. The van der Waals surface area contributed by atoms with Gasteiger partial charge in [-0.25, -0.2) is 9.78 Å². The van der Waals surface area contributed by atoms with Gasteiger partial charge in [0.2, 0.25) is 0 Å². The van der Waals surface area contributed by atoms with Gasteiger partial charge in [0, 0.05) is 21.0 Å². The number of para-hydroxylation sites is 1. The first kappa shape index (κ1) is 19.9. The normalized spacial score (nSPS) is 10.4. The van der Waals surface area contributed by atoms with E-state index in [-0.39, 0.29) is 5.69 Å². The predicted molar refractivity (Wildman–Crippen MR) is 108 cm³/mol. The second-order valence-electron chi connectivity index (χ2n) is 5.72. The molecule has 3 aromatic rings. The van der Waals surface area contributed by atoms with Crippen LogP contribution in [0.15, 0.2) is 70.7 Å². The van der Waals surface area contributed by atoms with E-state index in [9.17, 15) is 9.59 Å². The van der Waals surface area contributed by atoms with Crippen LogP contribution in [0.1, 0.15) is 16.2 Å². The first-order valence-corrected chi connectivity index (χ1v) is 9.49. The third kappa shape index (κ3) is 5.55. The van der Waals surface area contributed by atoms with Gasteiger partial charge in [0.25, 0.3) is 5.91 Å². The largest absolute Gasteiger partial charge is 0.451 e. The Kier molecular flexibility index (Phi) is 6.62. The van der Waals surface area contributed by atoms with Crippen molar-refractivity contribution in [1.82, 2.24) is 9.97 Å². The van der Waals surface area contributed by atoms with E-state index in [1.807, 2.05) is 30.3 Å². The number of hydrogen-bond donors (Lipinski definition) is 1. The maximum atomic E-state index is 12.2. The molecule has 1 aromatic heterocycles. The van der Waals surface area contributed by atoms with Crippen molar-refractivity contribution in [1.29, 1.82) is 0 Å². The number of amides is 1. The van der Waals surface area contributed by atoms with Gasteiger partial charge < -0.3 is 10.1 Å². The van der Waals surface area contributed by atoms with Crippen molar-refractivity contribution in [3.8, 4) is 0 Å². The van der Waals surface area contributed by atoms with Crippen LogP contribution in [-0.4, -0.2) is 28.5 Å². The second-order valence-corrected chi connectivity index (χ2v) is 7.27. The molecule has 0 atom stereocenters. The number of halogens is 1. The quantitative estimate of drug-likeness (QED) is 0.604.